The summed E-state index contributed by atoms with van der Waals surface area (Å²) in [4.78, 5) is 23.0. The molecule has 0 bridgehead atoms. The topological polar surface area (TPSA) is 158 Å². The molecule has 0 aromatic rings. The van der Waals surface area contributed by atoms with Gasteiger partial charge in [0, 0.05) is 0 Å². The zero-order valence-electron chi connectivity index (χ0n) is 14.7. The first-order valence-electron chi connectivity index (χ1n) is 7.23. The number of carbonyl (C=O) groups is 2. The molecule has 0 heterocycles. The van der Waals surface area contributed by atoms with Gasteiger partial charge in [-0.1, -0.05) is 0 Å². The molecule has 0 amide bonds. The highest BCUT2D eigenvalue weighted by Crippen LogP contribution is 2.12. The molecule has 14 heteroatoms. The van der Waals surface area contributed by atoms with Crippen molar-refractivity contribution in [1.29, 1.82) is 0 Å². The molecule has 0 aromatic carbocycles. The maximum atomic E-state index is 11.5. The standard InChI is InChI=1S/C12H22O12S2/c1-5-19-11(13)23-9(7-21-25(3,15)16)10(8-22-26(4,17)18)24-12(14)20-6-2/h9-10H,5-8H2,1-4H3/t9-,10+. The van der Waals surface area contributed by atoms with Crippen LogP contribution in [-0.4, -0.2) is 80.3 Å². The molecule has 154 valence electrons. The van der Waals surface area contributed by atoms with E-state index in [1.807, 2.05) is 0 Å². The van der Waals surface area contributed by atoms with E-state index in [2.05, 4.69) is 17.8 Å². The van der Waals surface area contributed by atoms with Crippen molar-refractivity contribution < 1.29 is 53.7 Å². The van der Waals surface area contributed by atoms with Gasteiger partial charge < -0.3 is 18.9 Å². The normalized spacial score (nSPS) is 14.2. The molecule has 0 aliphatic heterocycles. The zero-order chi connectivity index (χ0) is 20.4. The molecule has 0 N–H and O–H groups in total. The second kappa shape index (κ2) is 11.2. The smallest absolute Gasteiger partial charge is 0.435 e. The van der Waals surface area contributed by atoms with E-state index >= 15 is 0 Å². The molecule has 0 rings (SSSR count). The van der Waals surface area contributed by atoms with Gasteiger partial charge in [-0.25, -0.2) is 9.59 Å². The summed E-state index contributed by atoms with van der Waals surface area (Å²) >= 11 is 0. The highest BCUT2D eigenvalue weighted by atomic mass is 32.2. The van der Waals surface area contributed by atoms with Crippen LogP contribution in [0.15, 0.2) is 0 Å². The average molecular weight is 422 g/mol. The molecule has 0 aromatic heterocycles. The summed E-state index contributed by atoms with van der Waals surface area (Å²) in [5, 5.41) is 0. The van der Waals surface area contributed by atoms with Gasteiger partial charge in [0.05, 0.1) is 25.7 Å². The van der Waals surface area contributed by atoms with Crippen LogP contribution >= 0.6 is 0 Å². The van der Waals surface area contributed by atoms with Gasteiger partial charge in [0.2, 0.25) is 0 Å². The molecule has 0 fully saturated rings. The van der Waals surface area contributed by atoms with Crippen molar-refractivity contribution in [3.63, 3.8) is 0 Å². The van der Waals surface area contributed by atoms with E-state index in [1.165, 1.54) is 13.8 Å². The molecule has 0 saturated carbocycles. The molecular weight excluding hydrogens is 400 g/mol. The minimum absolute atomic E-state index is 0.0538. The van der Waals surface area contributed by atoms with E-state index in [1.54, 1.807) is 0 Å². The summed E-state index contributed by atoms with van der Waals surface area (Å²) in [6.45, 7) is 1.30. The first kappa shape index (κ1) is 24.4. The van der Waals surface area contributed by atoms with Gasteiger partial charge in [-0.2, -0.15) is 16.8 Å². The highest BCUT2D eigenvalue weighted by molar-refractivity contribution is 7.86. The highest BCUT2D eigenvalue weighted by Gasteiger charge is 2.33. The van der Waals surface area contributed by atoms with Crippen LogP contribution in [0, 0.1) is 0 Å². The molecule has 0 spiro atoms. The maximum Gasteiger partial charge on any atom is 0.508 e. The SMILES string of the molecule is CCOC(=O)O[C@@H](COS(C)(=O)=O)[C@@H](COS(C)(=O)=O)OC(=O)OCC. The molecule has 26 heavy (non-hydrogen) atoms. The minimum Gasteiger partial charge on any atom is -0.435 e. The fourth-order valence-corrected chi connectivity index (χ4v) is 2.13. The van der Waals surface area contributed by atoms with Gasteiger partial charge in [0.1, 0.15) is 13.2 Å². The first-order chi connectivity index (χ1) is 11.9. The van der Waals surface area contributed by atoms with Crippen molar-refractivity contribution in [2.75, 3.05) is 38.9 Å². The van der Waals surface area contributed by atoms with Crippen molar-refractivity contribution in [2.45, 2.75) is 26.1 Å². The monoisotopic (exact) mass is 422 g/mol. The van der Waals surface area contributed by atoms with Gasteiger partial charge >= 0.3 is 12.3 Å². The van der Waals surface area contributed by atoms with Crippen LogP contribution in [0.4, 0.5) is 9.59 Å². The van der Waals surface area contributed by atoms with Crippen molar-refractivity contribution in [3.05, 3.63) is 0 Å². The number of hydrogen-bond donors (Lipinski definition) is 0. The summed E-state index contributed by atoms with van der Waals surface area (Å²) < 4.78 is 72.5. The van der Waals surface area contributed by atoms with Crippen LogP contribution in [0.1, 0.15) is 13.8 Å². The van der Waals surface area contributed by atoms with Crippen molar-refractivity contribution in [3.8, 4) is 0 Å². The molecule has 0 aliphatic rings. The van der Waals surface area contributed by atoms with Crippen LogP contribution < -0.4 is 0 Å². The average Bonchev–Trinajstić information content (AvgIpc) is 2.46. The van der Waals surface area contributed by atoms with E-state index in [0.29, 0.717) is 0 Å². The Bertz CT molecular complexity index is 596. The zero-order valence-corrected chi connectivity index (χ0v) is 16.3. The van der Waals surface area contributed by atoms with Crippen molar-refractivity contribution >= 4 is 32.5 Å². The summed E-state index contributed by atoms with van der Waals surface area (Å²) in [7, 11) is -7.89. The lowest BCUT2D eigenvalue weighted by Crippen LogP contribution is -2.42. The van der Waals surface area contributed by atoms with Crippen LogP contribution in [0.5, 0.6) is 0 Å². The van der Waals surface area contributed by atoms with Gasteiger partial charge in [0.15, 0.2) is 12.2 Å². The predicted molar refractivity (Wildman–Crippen MR) is 85.4 cm³/mol. The van der Waals surface area contributed by atoms with Crippen molar-refractivity contribution in [2.24, 2.45) is 0 Å². The lowest BCUT2D eigenvalue weighted by atomic mass is 10.2. The number of carbonyl (C=O) groups excluding carboxylic acids is 2. The van der Waals surface area contributed by atoms with Gasteiger partial charge in [-0.05, 0) is 13.8 Å². The van der Waals surface area contributed by atoms with E-state index in [0.717, 1.165) is 12.5 Å². The Morgan fingerprint density at radius 2 is 1.04 bits per heavy atom. The van der Waals surface area contributed by atoms with E-state index < -0.39 is 58.0 Å². The Hall–Kier alpha value is -1.64. The van der Waals surface area contributed by atoms with Gasteiger partial charge in [-0.3, -0.25) is 8.37 Å². The fourth-order valence-electron chi connectivity index (χ4n) is 1.37. The first-order valence-corrected chi connectivity index (χ1v) is 10.9. The molecule has 0 saturated heterocycles. The minimum atomic E-state index is -3.95. The molecule has 0 unspecified atom stereocenters. The third-order valence-corrected chi connectivity index (χ3v) is 3.46. The number of hydrogen-bond acceptors (Lipinski definition) is 12. The largest absolute Gasteiger partial charge is 0.508 e. The summed E-state index contributed by atoms with van der Waals surface area (Å²) in [5.41, 5.74) is 0. The van der Waals surface area contributed by atoms with Gasteiger partial charge in [-0.15, -0.1) is 0 Å². The molecule has 2 atom stereocenters. The third kappa shape index (κ3) is 12.7. The second-order valence-corrected chi connectivity index (χ2v) is 7.94. The number of rotatable bonds is 11. The predicted octanol–water partition coefficient (Wildman–Crippen LogP) is 0.0222. The molecule has 0 aliphatic carbocycles. The van der Waals surface area contributed by atoms with Gasteiger partial charge in [0.25, 0.3) is 20.2 Å². The third-order valence-electron chi connectivity index (χ3n) is 2.33. The Morgan fingerprint density at radius 1 is 0.731 bits per heavy atom. The Kier molecular flexibility index (Phi) is 10.4. The number of ether oxygens (including phenoxy) is 4. The second-order valence-electron chi connectivity index (χ2n) is 4.66. The molecule has 0 radical (unpaired) electrons. The fraction of sp³-hybridized carbons (Fsp3) is 0.833. The van der Waals surface area contributed by atoms with Crippen LogP contribution in [-0.2, 0) is 47.5 Å². The summed E-state index contributed by atoms with van der Waals surface area (Å²) in [5.74, 6) is 0. The van der Waals surface area contributed by atoms with Crippen molar-refractivity contribution in [1.82, 2.24) is 0 Å². The maximum absolute atomic E-state index is 11.5. The Morgan fingerprint density at radius 3 is 1.27 bits per heavy atom. The molecule has 12 nitrogen and oxygen atoms in total. The van der Waals surface area contributed by atoms with Crippen LogP contribution in [0.25, 0.3) is 0 Å². The Labute approximate surface area is 151 Å². The summed E-state index contributed by atoms with van der Waals surface area (Å²) in [6.07, 6.45) is -4.08. The summed E-state index contributed by atoms with van der Waals surface area (Å²) in [6, 6.07) is 0. The van der Waals surface area contributed by atoms with E-state index in [4.69, 9.17) is 9.47 Å². The van der Waals surface area contributed by atoms with Crippen LogP contribution in [0.2, 0.25) is 0 Å². The molecular formula is C12H22O12S2. The lowest BCUT2D eigenvalue weighted by molar-refractivity contribution is -0.0779. The van der Waals surface area contributed by atoms with Crippen LogP contribution in [0.3, 0.4) is 0 Å². The Balaban J connectivity index is 5.39. The lowest BCUT2D eigenvalue weighted by Gasteiger charge is -2.25. The quantitative estimate of drug-likeness (QED) is 0.325. The van der Waals surface area contributed by atoms with E-state index in [-0.39, 0.29) is 13.2 Å². The van der Waals surface area contributed by atoms with E-state index in [9.17, 15) is 26.4 Å².